The lowest BCUT2D eigenvalue weighted by Crippen LogP contribution is -2.49. The third-order valence-corrected chi connectivity index (χ3v) is 8.54. The van der Waals surface area contributed by atoms with E-state index in [0.717, 1.165) is 0 Å². The van der Waals surface area contributed by atoms with Crippen LogP contribution in [-0.4, -0.2) is 71.8 Å². The summed E-state index contributed by atoms with van der Waals surface area (Å²) in [7, 11) is 3.04. The van der Waals surface area contributed by atoms with Crippen molar-refractivity contribution in [3.05, 3.63) is 57.2 Å². The van der Waals surface area contributed by atoms with Gasteiger partial charge in [0.2, 0.25) is 17.7 Å². The summed E-state index contributed by atoms with van der Waals surface area (Å²) in [5.74, 6) is -0.360. The molecule has 3 N–H and O–H groups in total. The van der Waals surface area contributed by atoms with Crippen LogP contribution in [0.25, 0.3) is 0 Å². The summed E-state index contributed by atoms with van der Waals surface area (Å²) in [6.45, 7) is 10.8. The standard InChI is InChI=1S/C32H42N6O7S/c1-16(2)26-31-37-28(19(6)45-31)30(42)33-18(5)13-38(25(40)12-20-9-10-22(43-7)23(11-20)44-8)14-24(39)35-27(17(3)4)32-34-21(15-46-32)29(41)36-26/h9-11,15-18,26-27H,12-14H2,1-8H3,(H,33,42)(H,35,39)(H,36,41)/t18-,26-,27+/m1/s1. The molecule has 3 aromatic rings. The van der Waals surface area contributed by atoms with E-state index in [0.29, 0.717) is 22.1 Å². The van der Waals surface area contributed by atoms with Gasteiger partial charge in [-0.2, -0.15) is 0 Å². The zero-order chi connectivity index (χ0) is 33.7. The number of carbonyl (C=O) groups excluding carboxylic acids is 4. The van der Waals surface area contributed by atoms with Crippen LogP contribution in [0, 0.1) is 18.8 Å². The fraction of sp³-hybridized carbons (Fsp3) is 0.500. The predicted octanol–water partition coefficient (Wildman–Crippen LogP) is 3.60. The van der Waals surface area contributed by atoms with Gasteiger partial charge in [-0.15, -0.1) is 11.3 Å². The fourth-order valence-electron chi connectivity index (χ4n) is 5.13. The topological polar surface area (TPSA) is 165 Å². The minimum Gasteiger partial charge on any atom is -0.493 e. The molecular weight excluding hydrogens is 612 g/mol. The maximum atomic E-state index is 13.7. The molecule has 0 fully saturated rings. The normalized spacial score (nSPS) is 19.7. The highest BCUT2D eigenvalue weighted by atomic mass is 32.1. The Hall–Kier alpha value is -4.46. The first kappa shape index (κ1) is 34.4. The van der Waals surface area contributed by atoms with E-state index in [1.54, 1.807) is 37.4 Å². The van der Waals surface area contributed by atoms with E-state index in [1.807, 2.05) is 27.7 Å². The van der Waals surface area contributed by atoms with Gasteiger partial charge in [0.05, 0.1) is 33.2 Å². The van der Waals surface area contributed by atoms with E-state index < -0.39 is 35.8 Å². The number of oxazole rings is 1. The zero-order valence-corrected chi connectivity index (χ0v) is 28.2. The van der Waals surface area contributed by atoms with Crippen LogP contribution >= 0.6 is 11.3 Å². The lowest BCUT2D eigenvalue weighted by Gasteiger charge is -2.28. The first-order valence-corrected chi connectivity index (χ1v) is 16.0. The van der Waals surface area contributed by atoms with E-state index in [-0.39, 0.29) is 60.3 Å². The number of carbonyl (C=O) groups is 4. The molecule has 0 spiro atoms. The number of ether oxygens (including phenoxy) is 2. The average Bonchev–Trinajstić information content (AvgIpc) is 3.64. The van der Waals surface area contributed by atoms with Crippen LogP contribution < -0.4 is 25.4 Å². The summed E-state index contributed by atoms with van der Waals surface area (Å²) in [6.07, 6.45) is -0.0186. The molecule has 0 saturated heterocycles. The van der Waals surface area contributed by atoms with Crippen molar-refractivity contribution >= 4 is 35.0 Å². The van der Waals surface area contributed by atoms with Crippen LogP contribution in [0.2, 0.25) is 0 Å². The molecule has 1 aliphatic heterocycles. The SMILES string of the molecule is COc1ccc(CC(=O)N2CC(=O)N[C@@H](C(C)C)c3nc(cs3)C(=O)N[C@H](C(C)C)c3nc(c(C)o3)C(=O)N[C@H](C)C2)cc1OC. The van der Waals surface area contributed by atoms with E-state index in [2.05, 4.69) is 25.9 Å². The molecule has 1 aromatic carbocycles. The zero-order valence-electron chi connectivity index (χ0n) is 27.4. The molecule has 4 amide bonds. The first-order valence-electron chi connectivity index (χ1n) is 15.1. The van der Waals surface area contributed by atoms with Crippen LogP contribution in [0.15, 0.2) is 28.0 Å². The number of hydrogen-bond acceptors (Lipinski definition) is 10. The average molecular weight is 655 g/mol. The number of fused-ring (bicyclic) bond motifs is 4. The number of methoxy groups -OCH3 is 2. The largest absolute Gasteiger partial charge is 0.493 e. The van der Waals surface area contributed by atoms with Crippen molar-refractivity contribution in [3.63, 3.8) is 0 Å². The number of nitrogens with one attached hydrogen (secondary N) is 3. The van der Waals surface area contributed by atoms with Crippen LogP contribution in [0.1, 0.15) is 89.9 Å². The Labute approximate surface area is 272 Å². The molecule has 3 heterocycles. The van der Waals surface area contributed by atoms with Gasteiger partial charge in [0, 0.05) is 18.0 Å². The van der Waals surface area contributed by atoms with E-state index in [9.17, 15) is 19.2 Å². The number of amides is 4. The van der Waals surface area contributed by atoms with Crippen molar-refractivity contribution in [2.75, 3.05) is 27.3 Å². The minimum absolute atomic E-state index is 0.0186. The van der Waals surface area contributed by atoms with Crippen LogP contribution in [0.5, 0.6) is 11.5 Å². The molecule has 13 nitrogen and oxygen atoms in total. The lowest BCUT2D eigenvalue weighted by atomic mass is 10.0. The lowest BCUT2D eigenvalue weighted by molar-refractivity contribution is -0.136. The Kier molecular flexibility index (Phi) is 11.0. The minimum atomic E-state index is -0.625. The highest BCUT2D eigenvalue weighted by molar-refractivity contribution is 7.09. The number of thiazole rings is 1. The summed E-state index contributed by atoms with van der Waals surface area (Å²) >= 11 is 1.27. The van der Waals surface area contributed by atoms with Gasteiger partial charge in [0.25, 0.3) is 11.8 Å². The molecule has 3 atom stereocenters. The predicted molar refractivity (Wildman–Crippen MR) is 171 cm³/mol. The van der Waals surface area contributed by atoms with E-state index in [1.165, 1.54) is 30.5 Å². The van der Waals surface area contributed by atoms with Gasteiger partial charge in [-0.05, 0) is 43.4 Å². The second kappa shape index (κ2) is 14.8. The van der Waals surface area contributed by atoms with Crippen LogP contribution in [0.3, 0.4) is 0 Å². The Balaban J connectivity index is 1.69. The van der Waals surface area contributed by atoms with Crippen molar-refractivity contribution in [1.82, 2.24) is 30.8 Å². The van der Waals surface area contributed by atoms with Gasteiger partial charge in [0.1, 0.15) is 22.5 Å². The third kappa shape index (κ3) is 8.03. The van der Waals surface area contributed by atoms with Crippen molar-refractivity contribution in [3.8, 4) is 11.5 Å². The molecule has 0 aliphatic carbocycles. The summed E-state index contributed by atoms with van der Waals surface area (Å²) in [5, 5.41) is 11.0. The molecule has 0 radical (unpaired) electrons. The maximum Gasteiger partial charge on any atom is 0.273 e. The molecule has 1 aliphatic rings. The Morgan fingerprint density at radius 1 is 1.00 bits per heavy atom. The third-order valence-electron chi connectivity index (χ3n) is 7.61. The highest BCUT2D eigenvalue weighted by Crippen LogP contribution is 2.29. The van der Waals surface area contributed by atoms with Gasteiger partial charge < -0.3 is 34.7 Å². The van der Waals surface area contributed by atoms with Gasteiger partial charge in [-0.25, -0.2) is 9.97 Å². The number of aryl methyl sites for hydroxylation is 1. The van der Waals surface area contributed by atoms with Gasteiger partial charge in [0.15, 0.2) is 17.2 Å². The van der Waals surface area contributed by atoms with Crippen molar-refractivity contribution in [2.45, 2.75) is 66.1 Å². The summed E-state index contributed by atoms with van der Waals surface area (Å²) in [5.41, 5.74) is 0.923. The Morgan fingerprint density at radius 3 is 2.35 bits per heavy atom. The van der Waals surface area contributed by atoms with Crippen molar-refractivity contribution in [2.24, 2.45) is 11.8 Å². The molecule has 2 aromatic heterocycles. The molecule has 0 saturated carbocycles. The smallest absolute Gasteiger partial charge is 0.273 e. The monoisotopic (exact) mass is 654 g/mol. The second-order valence-corrected chi connectivity index (χ2v) is 12.9. The first-order chi connectivity index (χ1) is 21.8. The van der Waals surface area contributed by atoms with Crippen molar-refractivity contribution < 1.29 is 33.1 Å². The molecule has 248 valence electrons. The Bertz CT molecular complexity index is 1580. The van der Waals surface area contributed by atoms with E-state index >= 15 is 0 Å². The number of benzene rings is 1. The maximum absolute atomic E-state index is 13.7. The number of aromatic nitrogens is 2. The molecule has 4 bridgehead atoms. The van der Waals surface area contributed by atoms with Crippen LogP contribution in [-0.2, 0) is 16.0 Å². The molecular formula is C32H42N6O7S. The molecule has 14 heteroatoms. The van der Waals surface area contributed by atoms with Gasteiger partial charge in [-0.1, -0.05) is 33.8 Å². The number of rotatable bonds is 6. The van der Waals surface area contributed by atoms with Crippen molar-refractivity contribution in [1.29, 1.82) is 0 Å². The highest BCUT2D eigenvalue weighted by Gasteiger charge is 2.31. The second-order valence-electron chi connectivity index (χ2n) is 12.0. The summed E-state index contributed by atoms with van der Waals surface area (Å²) < 4.78 is 16.6. The molecule has 0 unspecified atom stereocenters. The quantitative estimate of drug-likeness (QED) is 0.360. The number of hydrogen-bond donors (Lipinski definition) is 3. The number of nitrogens with zero attached hydrogens (tertiary/aromatic N) is 3. The summed E-state index contributed by atoms with van der Waals surface area (Å²) in [6, 6.07) is 3.49. The van der Waals surface area contributed by atoms with Crippen LogP contribution in [0.4, 0.5) is 0 Å². The molecule has 46 heavy (non-hydrogen) atoms. The summed E-state index contributed by atoms with van der Waals surface area (Å²) in [4.78, 5) is 64.2. The van der Waals surface area contributed by atoms with E-state index in [4.69, 9.17) is 13.9 Å². The molecule has 4 rings (SSSR count). The Morgan fingerprint density at radius 2 is 1.70 bits per heavy atom. The van der Waals surface area contributed by atoms with Gasteiger partial charge >= 0.3 is 0 Å². The van der Waals surface area contributed by atoms with Gasteiger partial charge in [-0.3, -0.25) is 19.2 Å². The fourth-order valence-corrected chi connectivity index (χ4v) is 6.15.